The molecule has 0 aliphatic rings. The van der Waals surface area contributed by atoms with Gasteiger partial charge in [-0.2, -0.15) is 5.10 Å². The lowest BCUT2D eigenvalue weighted by Gasteiger charge is -2.10. The van der Waals surface area contributed by atoms with E-state index in [1.807, 2.05) is 47.3 Å². The molecule has 142 valence electrons. The Bertz CT molecular complexity index is 867. The lowest BCUT2D eigenvalue weighted by molar-refractivity contribution is -0.123. The number of thiophene rings is 1. The highest BCUT2D eigenvalue weighted by Gasteiger charge is 2.08. The molecule has 2 heterocycles. The van der Waals surface area contributed by atoms with Gasteiger partial charge in [0, 0.05) is 12.2 Å². The lowest BCUT2D eigenvalue weighted by atomic mass is 10.0. The van der Waals surface area contributed by atoms with Gasteiger partial charge < -0.3 is 10.1 Å². The van der Waals surface area contributed by atoms with Crippen molar-refractivity contribution in [3.63, 3.8) is 0 Å². The Labute approximate surface area is 164 Å². The summed E-state index contributed by atoms with van der Waals surface area (Å²) in [7, 11) is 0. The van der Waals surface area contributed by atoms with E-state index in [-0.39, 0.29) is 12.5 Å². The number of carbonyl (C=O) groups excluding carboxylic acids is 1. The van der Waals surface area contributed by atoms with Crippen LogP contribution in [0.2, 0.25) is 0 Å². The summed E-state index contributed by atoms with van der Waals surface area (Å²) in [6.07, 6.45) is 0. The van der Waals surface area contributed by atoms with Crippen molar-refractivity contribution in [1.82, 2.24) is 15.1 Å². The number of nitrogens with one attached hydrogen (secondary N) is 1. The number of benzene rings is 1. The van der Waals surface area contributed by atoms with Gasteiger partial charge in [0.15, 0.2) is 6.61 Å². The number of hydrogen-bond donors (Lipinski definition) is 1. The van der Waals surface area contributed by atoms with E-state index < -0.39 is 0 Å². The van der Waals surface area contributed by atoms with E-state index in [4.69, 9.17) is 4.74 Å². The van der Waals surface area contributed by atoms with Crippen LogP contribution >= 0.6 is 11.3 Å². The highest BCUT2D eigenvalue weighted by Crippen LogP contribution is 2.23. The van der Waals surface area contributed by atoms with Gasteiger partial charge in [0.2, 0.25) is 0 Å². The van der Waals surface area contributed by atoms with Gasteiger partial charge >= 0.3 is 0 Å². The first-order valence-electron chi connectivity index (χ1n) is 9.10. The molecule has 0 atom stereocenters. The Hall–Kier alpha value is -2.60. The molecule has 0 saturated heterocycles. The van der Waals surface area contributed by atoms with Crippen molar-refractivity contribution >= 4 is 17.2 Å². The van der Waals surface area contributed by atoms with Gasteiger partial charge in [-0.05, 0) is 48.1 Å². The molecule has 0 radical (unpaired) electrons. The molecule has 3 rings (SSSR count). The minimum atomic E-state index is -0.133. The van der Waals surface area contributed by atoms with Crippen LogP contribution in [0.4, 0.5) is 0 Å². The van der Waals surface area contributed by atoms with Gasteiger partial charge in [-0.3, -0.25) is 9.48 Å². The fraction of sp³-hybridized carbons (Fsp3) is 0.333. The Kier molecular flexibility index (Phi) is 6.29. The molecule has 0 fully saturated rings. The molecule has 3 aromatic rings. The lowest BCUT2D eigenvalue weighted by Crippen LogP contribution is -2.31. The van der Waals surface area contributed by atoms with Gasteiger partial charge in [-0.15, -0.1) is 11.3 Å². The van der Waals surface area contributed by atoms with Crippen LogP contribution in [-0.2, 0) is 11.3 Å². The predicted molar refractivity (Wildman–Crippen MR) is 109 cm³/mol. The third-order valence-corrected chi connectivity index (χ3v) is 5.21. The third kappa shape index (κ3) is 5.20. The fourth-order valence-corrected chi connectivity index (χ4v) is 3.41. The topological polar surface area (TPSA) is 56.2 Å². The van der Waals surface area contributed by atoms with Gasteiger partial charge in [-0.25, -0.2) is 0 Å². The number of nitrogens with zero attached hydrogens (tertiary/aromatic N) is 2. The molecule has 2 aromatic heterocycles. The number of carbonyl (C=O) groups is 1. The van der Waals surface area contributed by atoms with Crippen molar-refractivity contribution in [2.75, 3.05) is 13.2 Å². The fourth-order valence-electron chi connectivity index (χ4n) is 2.73. The second-order valence-electron chi connectivity index (χ2n) is 6.73. The molecule has 1 amide bonds. The summed E-state index contributed by atoms with van der Waals surface area (Å²) in [5.74, 6) is 1.05. The highest BCUT2D eigenvalue weighted by atomic mass is 32.1. The Morgan fingerprint density at radius 2 is 2.04 bits per heavy atom. The Morgan fingerprint density at radius 3 is 2.70 bits per heavy atom. The van der Waals surface area contributed by atoms with Crippen LogP contribution in [0.1, 0.15) is 31.0 Å². The van der Waals surface area contributed by atoms with E-state index >= 15 is 0 Å². The number of aryl methyl sites for hydroxylation is 1. The first kappa shape index (κ1) is 19.2. The molecule has 5 nitrogen and oxygen atoms in total. The van der Waals surface area contributed by atoms with Crippen LogP contribution in [-0.4, -0.2) is 28.8 Å². The zero-order valence-electron chi connectivity index (χ0n) is 15.9. The first-order chi connectivity index (χ1) is 13.0. The maximum Gasteiger partial charge on any atom is 0.258 e. The summed E-state index contributed by atoms with van der Waals surface area (Å²) in [5, 5.41) is 9.53. The zero-order valence-corrected chi connectivity index (χ0v) is 16.8. The summed E-state index contributed by atoms with van der Waals surface area (Å²) in [6.45, 7) is 7.48. The molecule has 1 N–H and O–H groups in total. The SMILES string of the molecule is Cc1cc(-c2cccs2)nn1CCNC(=O)COc1ccc(C(C)C)cc1. The molecule has 1 aromatic carbocycles. The van der Waals surface area contributed by atoms with E-state index in [0.29, 0.717) is 24.8 Å². The van der Waals surface area contributed by atoms with E-state index in [9.17, 15) is 4.79 Å². The molecular weight excluding hydrogens is 358 g/mol. The van der Waals surface area contributed by atoms with E-state index in [1.54, 1.807) is 11.3 Å². The van der Waals surface area contributed by atoms with Crippen LogP contribution in [0.3, 0.4) is 0 Å². The van der Waals surface area contributed by atoms with Gasteiger partial charge in [-0.1, -0.05) is 32.0 Å². The van der Waals surface area contributed by atoms with Crippen molar-refractivity contribution in [2.24, 2.45) is 0 Å². The molecule has 0 unspecified atom stereocenters. The van der Waals surface area contributed by atoms with Gasteiger partial charge in [0.05, 0.1) is 11.4 Å². The number of ether oxygens (including phenoxy) is 1. The summed E-state index contributed by atoms with van der Waals surface area (Å²) >= 11 is 1.67. The van der Waals surface area contributed by atoms with Crippen LogP contribution in [0.15, 0.2) is 47.8 Å². The minimum Gasteiger partial charge on any atom is -0.484 e. The first-order valence-corrected chi connectivity index (χ1v) is 9.98. The van der Waals surface area contributed by atoms with E-state index in [2.05, 4.69) is 36.4 Å². The monoisotopic (exact) mass is 383 g/mol. The maximum atomic E-state index is 12.0. The van der Waals surface area contributed by atoms with Crippen molar-refractivity contribution in [3.05, 3.63) is 59.1 Å². The number of hydrogen-bond acceptors (Lipinski definition) is 4. The van der Waals surface area contributed by atoms with Gasteiger partial charge in [0.25, 0.3) is 5.91 Å². The second kappa shape index (κ2) is 8.86. The molecule has 0 spiro atoms. The molecule has 27 heavy (non-hydrogen) atoms. The minimum absolute atomic E-state index is 0.0135. The average molecular weight is 384 g/mol. The van der Waals surface area contributed by atoms with Crippen LogP contribution < -0.4 is 10.1 Å². The maximum absolute atomic E-state index is 12.0. The number of aromatic nitrogens is 2. The standard InChI is InChI=1S/C21H25N3O2S/c1-15(2)17-6-8-18(9-7-17)26-14-21(25)22-10-11-24-16(3)13-19(23-24)20-5-4-12-27-20/h4-9,12-13,15H,10-11,14H2,1-3H3,(H,22,25). The van der Waals surface area contributed by atoms with Crippen LogP contribution in [0.25, 0.3) is 10.6 Å². The predicted octanol–water partition coefficient (Wildman–Crippen LogP) is 4.24. The van der Waals surface area contributed by atoms with Crippen molar-refractivity contribution in [2.45, 2.75) is 33.2 Å². The second-order valence-corrected chi connectivity index (χ2v) is 7.68. The summed E-state index contributed by atoms with van der Waals surface area (Å²) in [5.41, 5.74) is 3.31. The van der Waals surface area contributed by atoms with Crippen molar-refractivity contribution in [1.29, 1.82) is 0 Å². The van der Waals surface area contributed by atoms with E-state index in [1.165, 1.54) is 5.56 Å². The molecule has 0 bridgehead atoms. The normalized spacial score (nSPS) is 11.0. The quantitative estimate of drug-likeness (QED) is 0.633. The van der Waals surface area contributed by atoms with Crippen LogP contribution in [0, 0.1) is 6.92 Å². The Morgan fingerprint density at radius 1 is 1.26 bits per heavy atom. The zero-order chi connectivity index (χ0) is 19.2. The molecular formula is C21H25N3O2S. The largest absolute Gasteiger partial charge is 0.484 e. The van der Waals surface area contributed by atoms with Crippen molar-refractivity contribution in [3.8, 4) is 16.3 Å². The Balaban J connectivity index is 1.43. The number of amides is 1. The van der Waals surface area contributed by atoms with Gasteiger partial charge in [0.1, 0.15) is 11.4 Å². The van der Waals surface area contributed by atoms with Crippen LogP contribution in [0.5, 0.6) is 5.75 Å². The summed E-state index contributed by atoms with van der Waals surface area (Å²) < 4.78 is 7.47. The smallest absolute Gasteiger partial charge is 0.258 e. The molecule has 0 aliphatic carbocycles. The summed E-state index contributed by atoms with van der Waals surface area (Å²) in [6, 6.07) is 14.0. The number of rotatable bonds is 8. The van der Waals surface area contributed by atoms with Crippen molar-refractivity contribution < 1.29 is 9.53 Å². The third-order valence-electron chi connectivity index (χ3n) is 4.32. The molecule has 0 aliphatic heterocycles. The van der Waals surface area contributed by atoms with E-state index in [0.717, 1.165) is 16.3 Å². The summed E-state index contributed by atoms with van der Waals surface area (Å²) in [4.78, 5) is 13.1. The molecule has 6 heteroatoms. The molecule has 0 saturated carbocycles. The average Bonchev–Trinajstić information content (AvgIpc) is 3.30. The highest BCUT2D eigenvalue weighted by molar-refractivity contribution is 7.13.